The first kappa shape index (κ1) is 14.7. The molecule has 0 aliphatic heterocycles. The van der Waals surface area contributed by atoms with Gasteiger partial charge in [-0.3, -0.25) is 4.79 Å². The Balaban J connectivity index is 2.37. The van der Waals surface area contributed by atoms with Gasteiger partial charge in [-0.05, 0) is 25.0 Å². The Labute approximate surface area is 109 Å². The molecule has 0 spiro atoms. The van der Waals surface area contributed by atoms with Crippen LogP contribution in [0.4, 0.5) is 0 Å². The van der Waals surface area contributed by atoms with Crippen molar-refractivity contribution in [1.82, 2.24) is 5.32 Å². The molecule has 0 aliphatic carbocycles. The molecule has 1 amide bonds. The Morgan fingerprint density at radius 3 is 2.50 bits per heavy atom. The van der Waals surface area contributed by atoms with E-state index in [1.165, 1.54) is 0 Å². The van der Waals surface area contributed by atoms with Crippen LogP contribution in [0.25, 0.3) is 0 Å². The number of nitrogens with two attached hydrogens (primary N) is 1. The maximum atomic E-state index is 11.4. The van der Waals surface area contributed by atoms with E-state index < -0.39 is 0 Å². The molecular weight excluding hydrogens is 228 g/mol. The second-order valence-electron chi connectivity index (χ2n) is 4.41. The molecule has 1 unspecified atom stereocenters. The van der Waals surface area contributed by atoms with E-state index in [9.17, 15) is 4.79 Å². The molecule has 18 heavy (non-hydrogen) atoms. The van der Waals surface area contributed by atoms with E-state index >= 15 is 0 Å². The Hall–Kier alpha value is -1.39. The number of carbonyl (C=O) groups is 1. The third-order valence-electron chi connectivity index (χ3n) is 2.49. The summed E-state index contributed by atoms with van der Waals surface area (Å²) in [6.45, 7) is 5.69. The molecule has 100 valence electrons. The monoisotopic (exact) mass is 250 g/mol. The van der Waals surface area contributed by atoms with Gasteiger partial charge >= 0.3 is 0 Å². The molecule has 3 N–H and O–H groups in total. The number of benzene rings is 1. The topological polar surface area (TPSA) is 64.3 Å². The molecule has 4 heteroatoms. The molecule has 1 rings (SSSR count). The average molecular weight is 250 g/mol. The van der Waals surface area contributed by atoms with Crippen LogP contribution in [0.2, 0.25) is 0 Å². The lowest BCUT2D eigenvalue weighted by atomic mass is 10.1. The summed E-state index contributed by atoms with van der Waals surface area (Å²) < 4.78 is 5.32. The van der Waals surface area contributed by atoms with Crippen LogP contribution >= 0.6 is 0 Å². The van der Waals surface area contributed by atoms with Gasteiger partial charge in [0.2, 0.25) is 5.91 Å². The molecule has 0 radical (unpaired) electrons. The maximum absolute atomic E-state index is 11.4. The smallest absolute Gasteiger partial charge is 0.221 e. The van der Waals surface area contributed by atoms with Crippen molar-refractivity contribution >= 4 is 5.91 Å². The summed E-state index contributed by atoms with van der Waals surface area (Å²) in [4.78, 5) is 11.4. The van der Waals surface area contributed by atoms with Crippen LogP contribution in [0.15, 0.2) is 24.3 Å². The van der Waals surface area contributed by atoms with Crippen molar-refractivity contribution in [3.05, 3.63) is 35.4 Å². The lowest BCUT2D eigenvalue weighted by Gasteiger charge is -2.08. The Morgan fingerprint density at radius 1 is 1.33 bits per heavy atom. The summed E-state index contributed by atoms with van der Waals surface area (Å²) >= 11 is 0. The number of hydrogen-bond acceptors (Lipinski definition) is 3. The van der Waals surface area contributed by atoms with Crippen LogP contribution in [0.3, 0.4) is 0 Å². The predicted molar refractivity (Wildman–Crippen MR) is 71.9 cm³/mol. The minimum atomic E-state index is -0.0985. The van der Waals surface area contributed by atoms with Crippen molar-refractivity contribution in [2.45, 2.75) is 39.5 Å². The zero-order chi connectivity index (χ0) is 13.4. The molecule has 1 aromatic rings. The van der Waals surface area contributed by atoms with E-state index in [4.69, 9.17) is 10.5 Å². The highest BCUT2D eigenvalue weighted by Crippen LogP contribution is 2.05. The van der Waals surface area contributed by atoms with E-state index in [1.54, 1.807) is 0 Å². The second kappa shape index (κ2) is 7.84. The molecule has 0 aliphatic rings. The summed E-state index contributed by atoms with van der Waals surface area (Å²) in [6.07, 6.45) is 0.364. The van der Waals surface area contributed by atoms with Gasteiger partial charge in [0.05, 0.1) is 6.61 Å². The first-order chi connectivity index (χ1) is 8.61. The van der Waals surface area contributed by atoms with Gasteiger partial charge in [0.15, 0.2) is 0 Å². The highest BCUT2D eigenvalue weighted by molar-refractivity contribution is 5.76. The summed E-state index contributed by atoms with van der Waals surface area (Å²) in [5.41, 5.74) is 7.77. The molecule has 0 saturated heterocycles. The summed E-state index contributed by atoms with van der Waals surface area (Å²) in [5, 5.41) is 2.84. The van der Waals surface area contributed by atoms with Crippen molar-refractivity contribution < 1.29 is 9.53 Å². The third-order valence-corrected chi connectivity index (χ3v) is 2.49. The zero-order valence-electron chi connectivity index (χ0n) is 11.1. The minimum absolute atomic E-state index is 0.0107. The fourth-order valence-corrected chi connectivity index (χ4v) is 1.54. The average Bonchev–Trinajstić information content (AvgIpc) is 2.34. The van der Waals surface area contributed by atoms with Gasteiger partial charge in [0, 0.05) is 25.6 Å². The normalized spacial score (nSPS) is 12.2. The van der Waals surface area contributed by atoms with Gasteiger partial charge in [-0.15, -0.1) is 0 Å². The second-order valence-corrected chi connectivity index (χ2v) is 4.41. The SMILES string of the molecule is CCOCc1ccc(CNC(=O)CC(C)N)cc1. The Bertz CT molecular complexity index is 361. The number of rotatable bonds is 7. The summed E-state index contributed by atoms with van der Waals surface area (Å²) in [7, 11) is 0. The van der Waals surface area contributed by atoms with Crippen LogP contribution in [0.5, 0.6) is 0 Å². The first-order valence-electron chi connectivity index (χ1n) is 6.29. The minimum Gasteiger partial charge on any atom is -0.377 e. The molecule has 0 fully saturated rings. The van der Waals surface area contributed by atoms with Crippen molar-refractivity contribution in [2.75, 3.05) is 6.61 Å². The molecule has 0 bridgehead atoms. The van der Waals surface area contributed by atoms with Gasteiger partial charge in [0.1, 0.15) is 0 Å². The van der Waals surface area contributed by atoms with Gasteiger partial charge in [-0.2, -0.15) is 0 Å². The summed E-state index contributed by atoms with van der Waals surface area (Å²) in [5.74, 6) is -0.0107. The van der Waals surface area contributed by atoms with Gasteiger partial charge in [0.25, 0.3) is 0 Å². The maximum Gasteiger partial charge on any atom is 0.221 e. The highest BCUT2D eigenvalue weighted by atomic mass is 16.5. The molecule has 1 atom stereocenters. The first-order valence-corrected chi connectivity index (χ1v) is 6.29. The van der Waals surface area contributed by atoms with E-state index in [1.807, 2.05) is 38.1 Å². The molecular formula is C14H22N2O2. The fourth-order valence-electron chi connectivity index (χ4n) is 1.54. The Morgan fingerprint density at radius 2 is 1.94 bits per heavy atom. The third kappa shape index (κ3) is 5.80. The summed E-state index contributed by atoms with van der Waals surface area (Å²) in [6, 6.07) is 7.94. The number of nitrogens with one attached hydrogen (secondary N) is 1. The van der Waals surface area contributed by atoms with Gasteiger partial charge in [-0.25, -0.2) is 0 Å². The zero-order valence-corrected chi connectivity index (χ0v) is 11.1. The number of amides is 1. The number of carbonyl (C=O) groups excluding carboxylic acids is 1. The standard InChI is InChI=1S/C14H22N2O2/c1-3-18-10-13-6-4-12(5-7-13)9-16-14(17)8-11(2)15/h4-7,11H,3,8-10,15H2,1-2H3,(H,16,17). The van der Waals surface area contributed by atoms with Crippen LogP contribution < -0.4 is 11.1 Å². The fraction of sp³-hybridized carbons (Fsp3) is 0.500. The van der Waals surface area contributed by atoms with Crippen molar-refractivity contribution in [3.63, 3.8) is 0 Å². The largest absolute Gasteiger partial charge is 0.377 e. The van der Waals surface area contributed by atoms with Crippen LogP contribution in [0, 0.1) is 0 Å². The van der Waals surface area contributed by atoms with E-state index in [0.29, 0.717) is 19.6 Å². The van der Waals surface area contributed by atoms with Gasteiger partial charge < -0.3 is 15.8 Å². The van der Waals surface area contributed by atoms with Crippen LogP contribution in [-0.2, 0) is 22.7 Å². The van der Waals surface area contributed by atoms with E-state index in [2.05, 4.69) is 5.32 Å². The van der Waals surface area contributed by atoms with Gasteiger partial charge in [-0.1, -0.05) is 24.3 Å². The van der Waals surface area contributed by atoms with Crippen molar-refractivity contribution in [2.24, 2.45) is 5.73 Å². The van der Waals surface area contributed by atoms with Crippen LogP contribution in [0.1, 0.15) is 31.4 Å². The van der Waals surface area contributed by atoms with Crippen molar-refractivity contribution in [1.29, 1.82) is 0 Å². The van der Waals surface area contributed by atoms with Crippen LogP contribution in [-0.4, -0.2) is 18.6 Å². The number of ether oxygens (including phenoxy) is 1. The highest BCUT2D eigenvalue weighted by Gasteiger charge is 2.04. The quantitative estimate of drug-likeness (QED) is 0.772. The lowest BCUT2D eigenvalue weighted by molar-refractivity contribution is -0.121. The molecule has 0 heterocycles. The van der Waals surface area contributed by atoms with E-state index in [0.717, 1.165) is 17.7 Å². The number of hydrogen-bond donors (Lipinski definition) is 2. The predicted octanol–water partition coefficient (Wildman–Crippen LogP) is 1.58. The van der Waals surface area contributed by atoms with Crippen molar-refractivity contribution in [3.8, 4) is 0 Å². The molecule has 0 aromatic heterocycles. The molecule has 1 aromatic carbocycles. The molecule has 0 saturated carbocycles. The van der Waals surface area contributed by atoms with E-state index in [-0.39, 0.29) is 11.9 Å². The lowest BCUT2D eigenvalue weighted by Crippen LogP contribution is -2.29. The molecule has 4 nitrogen and oxygen atoms in total. The Kier molecular flexibility index (Phi) is 6.39.